The summed E-state index contributed by atoms with van der Waals surface area (Å²) in [7, 11) is 0. The highest BCUT2D eigenvalue weighted by Crippen LogP contribution is 2.15. The van der Waals surface area contributed by atoms with Crippen molar-refractivity contribution in [1.82, 2.24) is 14.6 Å². The molecular weight excluding hydrogens is 348 g/mol. The summed E-state index contributed by atoms with van der Waals surface area (Å²) in [4.78, 5) is 29.4. The Kier molecular flexibility index (Phi) is 4.92. The summed E-state index contributed by atoms with van der Waals surface area (Å²) in [5.74, 6) is -0.396. The molecule has 24 heavy (non-hydrogen) atoms. The van der Waals surface area contributed by atoms with Crippen LogP contribution < -0.4 is 10.9 Å². The predicted octanol–water partition coefficient (Wildman–Crippen LogP) is 3.40. The summed E-state index contributed by atoms with van der Waals surface area (Å²) in [6.45, 7) is 2.10. The molecule has 0 aliphatic heterocycles. The minimum absolute atomic E-state index is 0.0970. The van der Waals surface area contributed by atoms with Gasteiger partial charge in [0.1, 0.15) is 10.7 Å². The topological polar surface area (TPSA) is 76.4 Å². The number of hydrogen-bond donors (Lipinski definition) is 1. The number of carbonyl (C=O) groups is 1. The lowest BCUT2D eigenvalue weighted by Crippen LogP contribution is -2.23. The molecule has 0 radical (unpaired) electrons. The molecule has 2 heterocycles. The molecule has 0 aliphatic carbocycles. The van der Waals surface area contributed by atoms with Crippen LogP contribution in [0.2, 0.25) is 5.02 Å². The van der Waals surface area contributed by atoms with E-state index in [4.69, 9.17) is 11.6 Å². The van der Waals surface area contributed by atoms with Crippen molar-refractivity contribution >= 4 is 39.5 Å². The Balaban J connectivity index is 1.87. The van der Waals surface area contributed by atoms with Crippen molar-refractivity contribution in [2.24, 2.45) is 0 Å². The fraction of sp³-hybridized carbons (Fsp3) is 0.250. The number of amides is 1. The molecule has 3 aromatic rings. The molecule has 0 saturated carbocycles. The third kappa shape index (κ3) is 3.47. The Morgan fingerprint density at radius 1 is 1.33 bits per heavy atom. The van der Waals surface area contributed by atoms with Crippen LogP contribution in [0.25, 0.3) is 4.96 Å². The van der Waals surface area contributed by atoms with Crippen molar-refractivity contribution in [2.75, 3.05) is 5.32 Å². The summed E-state index contributed by atoms with van der Waals surface area (Å²) in [5.41, 5.74) is 0.118. The zero-order valence-electron chi connectivity index (χ0n) is 13.0. The first-order valence-electron chi connectivity index (χ1n) is 7.53. The second kappa shape index (κ2) is 7.11. The Hall–Kier alpha value is -2.25. The van der Waals surface area contributed by atoms with Gasteiger partial charge in [-0.05, 0) is 30.7 Å². The number of anilines is 1. The average Bonchev–Trinajstić information content (AvgIpc) is 3.00. The van der Waals surface area contributed by atoms with Crippen LogP contribution in [0.4, 0.5) is 5.69 Å². The van der Waals surface area contributed by atoms with Gasteiger partial charge in [-0.2, -0.15) is 9.61 Å². The van der Waals surface area contributed by atoms with Crippen molar-refractivity contribution in [3.63, 3.8) is 0 Å². The second-order valence-corrected chi connectivity index (χ2v) is 6.71. The predicted molar refractivity (Wildman–Crippen MR) is 95.2 cm³/mol. The molecule has 124 valence electrons. The molecule has 2 aromatic heterocycles. The quantitative estimate of drug-likeness (QED) is 0.754. The second-order valence-electron chi connectivity index (χ2n) is 5.23. The summed E-state index contributed by atoms with van der Waals surface area (Å²) >= 11 is 7.19. The zero-order valence-corrected chi connectivity index (χ0v) is 14.5. The van der Waals surface area contributed by atoms with E-state index in [0.29, 0.717) is 15.5 Å². The maximum atomic E-state index is 12.5. The van der Waals surface area contributed by atoms with Crippen molar-refractivity contribution in [1.29, 1.82) is 0 Å². The molecule has 0 aliphatic rings. The van der Waals surface area contributed by atoms with Crippen LogP contribution >= 0.6 is 22.9 Å². The molecule has 1 N–H and O–H groups in total. The number of carbonyl (C=O) groups excluding carboxylic acids is 1. The average molecular weight is 363 g/mol. The Labute approximate surface area is 147 Å². The van der Waals surface area contributed by atoms with E-state index in [-0.39, 0.29) is 11.2 Å². The Morgan fingerprint density at radius 2 is 2.08 bits per heavy atom. The van der Waals surface area contributed by atoms with E-state index >= 15 is 0 Å². The van der Waals surface area contributed by atoms with Gasteiger partial charge in [-0.3, -0.25) is 9.59 Å². The number of rotatable bonds is 5. The van der Waals surface area contributed by atoms with Crippen molar-refractivity contribution in [3.05, 3.63) is 56.4 Å². The third-order valence-electron chi connectivity index (χ3n) is 3.43. The van der Waals surface area contributed by atoms with E-state index in [1.807, 2.05) is 0 Å². The van der Waals surface area contributed by atoms with Crippen LogP contribution in [0.1, 0.15) is 35.1 Å². The van der Waals surface area contributed by atoms with Crippen LogP contribution in [-0.4, -0.2) is 20.5 Å². The largest absolute Gasteiger partial charge is 0.316 e. The van der Waals surface area contributed by atoms with E-state index in [1.165, 1.54) is 22.0 Å². The first-order valence-corrected chi connectivity index (χ1v) is 8.72. The van der Waals surface area contributed by atoms with Gasteiger partial charge in [0.2, 0.25) is 4.96 Å². The SMILES string of the molecule is CCCCc1nn2c(=O)c(NC(=O)c3ccc(Cl)cc3)cnc2s1. The first kappa shape index (κ1) is 16.6. The number of benzene rings is 1. The minimum atomic E-state index is -0.396. The summed E-state index contributed by atoms with van der Waals surface area (Å²) in [6.07, 6.45) is 4.25. The molecule has 0 bridgehead atoms. The van der Waals surface area contributed by atoms with Gasteiger partial charge in [0.25, 0.3) is 11.5 Å². The lowest BCUT2D eigenvalue weighted by atomic mass is 10.2. The molecule has 0 unspecified atom stereocenters. The van der Waals surface area contributed by atoms with Gasteiger partial charge in [0, 0.05) is 17.0 Å². The van der Waals surface area contributed by atoms with Crippen LogP contribution in [0.15, 0.2) is 35.3 Å². The molecule has 1 amide bonds. The number of aryl methyl sites for hydroxylation is 1. The van der Waals surface area contributed by atoms with E-state index < -0.39 is 5.91 Å². The smallest absolute Gasteiger partial charge is 0.298 e. The van der Waals surface area contributed by atoms with Crippen LogP contribution in [0, 0.1) is 0 Å². The monoisotopic (exact) mass is 362 g/mol. The normalized spacial score (nSPS) is 10.9. The number of halogens is 1. The van der Waals surface area contributed by atoms with E-state index in [1.54, 1.807) is 24.3 Å². The van der Waals surface area contributed by atoms with Crippen molar-refractivity contribution < 1.29 is 4.79 Å². The lowest BCUT2D eigenvalue weighted by molar-refractivity contribution is 0.102. The van der Waals surface area contributed by atoms with E-state index in [0.717, 1.165) is 24.3 Å². The third-order valence-corrected chi connectivity index (χ3v) is 4.66. The summed E-state index contributed by atoms with van der Waals surface area (Å²) in [5, 5.41) is 8.27. The molecule has 0 saturated heterocycles. The van der Waals surface area contributed by atoms with E-state index in [9.17, 15) is 9.59 Å². The zero-order chi connectivity index (χ0) is 17.1. The lowest BCUT2D eigenvalue weighted by Gasteiger charge is -2.04. The highest BCUT2D eigenvalue weighted by atomic mass is 35.5. The number of nitrogens with one attached hydrogen (secondary N) is 1. The number of unbranched alkanes of at least 4 members (excludes halogenated alkanes) is 1. The number of hydrogen-bond acceptors (Lipinski definition) is 5. The van der Waals surface area contributed by atoms with Crippen LogP contribution in [-0.2, 0) is 6.42 Å². The maximum Gasteiger partial charge on any atom is 0.298 e. The summed E-state index contributed by atoms with van der Waals surface area (Å²) in [6, 6.07) is 6.41. The summed E-state index contributed by atoms with van der Waals surface area (Å²) < 4.78 is 1.24. The van der Waals surface area contributed by atoms with Gasteiger partial charge in [-0.15, -0.1) is 0 Å². The highest BCUT2D eigenvalue weighted by Gasteiger charge is 2.13. The van der Waals surface area contributed by atoms with Crippen LogP contribution in [0.5, 0.6) is 0 Å². The standard InChI is InChI=1S/C16H15ClN4O2S/c1-2-3-4-13-20-21-15(23)12(9-18-16(21)24-13)19-14(22)10-5-7-11(17)8-6-10/h5-9H,2-4H2,1H3,(H,19,22). The van der Waals surface area contributed by atoms with Crippen molar-refractivity contribution in [2.45, 2.75) is 26.2 Å². The molecule has 6 nitrogen and oxygen atoms in total. The highest BCUT2D eigenvalue weighted by molar-refractivity contribution is 7.16. The van der Waals surface area contributed by atoms with E-state index in [2.05, 4.69) is 22.3 Å². The van der Waals surface area contributed by atoms with Crippen molar-refractivity contribution in [3.8, 4) is 0 Å². The fourth-order valence-electron chi connectivity index (χ4n) is 2.14. The molecular formula is C16H15ClN4O2S. The molecule has 0 atom stereocenters. The Bertz CT molecular complexity index is 933. The van der Waals surface area contributed by atoms with Gasteiger partial charge < -0.3 is 5.32 Å². The number of fused-ring (bicyclic) bond motifs is 1. The van der Waals surface area contributed by atoms with Crippen LogP contribution in [0.3, 0.4) is 0 Å². The van der Waals surface area contributed by atoms with Gasteiger partial charge in [0.05, 0.1) is 6.20 Å². The maximum absolute atomic E-state index is 12.5. The fourth-order valence-corrected chi connectivity index (χ4v) is 3.16. The minimum Gasteiger partial charge on any atom is -0.316 e. The van der Waals surface area contributed by atoms with Gasteiger partial charge in [-0.1, -0.05) is 36.3 Å². The Morgan fingerprint density at radius 3 is 2.79 bits per heavy atom. The van der Waals surface area contributed by atoms with Gasteiger partial charge >= 0.3 is 0 Å². The number of aromatic nitrogens is 3. The first-order chi connectivity index (χ1) is 11.6. The molecule has 1 aromatic carbocycles. The van der Waals surface area contributed by atoms with Gasteiger partial charge in [0.15, 0.2) is 0 Å². The number of nitrogens with zero attached hydrogens (tertiary/aromatic N) is 3. The molecule has 0 fully saturated rings. The molecule has 8 heteroatoms. The molecule has 3 rings (SSSR count). The molecule has 0 spiro atoms. The van der Waals surface area contributed by atoms with Gasteiger partial charge in [-0.25, -0.2) is 4.98 Å².